The molecule has 360 valence electrons. The smallest absolute Gasteiger partial charge is 0.0263 e. The maximum atomic E-state index is 3.63. The fourth-order valence-electron chi connectivity index (χ4n) is 5.30. The zero-order valence-corrected chi connectivity index (χ0v) is 42.0. The van der Waals surface area contributed by atoms with Crippen molar-refractivity contribution in [3.63, 3.8) is 0 Å². The summed E-state index contributed by atoms with van der Waals surface area (Å²) in [5.74, 6) is 0. The van der Waals surface area contributed by atoms with Gasteiger partial charge in [0.1, 0.15) is 0 Å². The molecule has 0 aliphatic rings. The first kappa shape index (κ1) is 60.7. The van der Waals surface area contributed by atoms with Crippen molar-refractivity contribution in [3.05, 3.63) is 382 Å². The topological polar surface area (TPSA) is 0 Å². The molecule has 0 heterocycles. The van der Waals surface area contributed by atoms with Gasteiger partial charge in [-0.2, -0.15) is 0 Å². The number of benzene rings is 9. The minimum absolute atomic E-state index is 1.17. The minimum Gasteiger partial charge on any atom is -0.0985 e. The molecule has 9 rings (SSSR count). The lowest BCUT2D eigenvalue weighted by molar-refractivity contribution is 1.67. The van der Waals surface area contributed by atoms with Crippen LogP contribution in [0.1, 0.15) is 50.1 Å². The molecule has 0 N–H and O–H groups in total. The van der Waals surface area contributed by atoms with E-state index in [1.807, 2.05) is 328 Å². The molecule has 0 heteroatoms. The van der Waals surface area contributed by atoms with Crippen molar-refractivity contribution in [2.24, 2.45) is 0 Å². The first-order chi connectivity index (χ1) is 35.4. The summed E-state index contributed by atoms with van der Waals surface area (Å²) in [6.45, 7) is 32.7. The van der Waals surface area contributed by atoms with Gasteiger partial charge in [0.05, 0.1) is 0 Å². The van der Waals surface area contributed by atoms with E-state index in [0.29, 0.717) is 0 Å². The van der Waals surface area contributed by atoms with E-state index in [1.54, 1.807) is 0 Å². The van der Waals surface area contributed by atoms with Crippen molar-refractivity contribution >= 4 is 54.7 Å². The van der Waals surface area contributed by atoms with Crippen LogP contribution in [0.2, 0.25) is 0 Å². The Morgan fingerprint density at radius 1 is 0.125 bits per heavy atom. The van der Waals surface area contributed by atoms with Crippen LogP contribution in [0.4, 0.5) is 0 Å². The molecule has 0 aliphatic heterocycles. The molecule has 0 amide bonds. The summed E-state index contributed by atoms with van der Waals surface area (Å²) >= 11 is 0. The van der Waals surface area contributed by atoms with Crippen LogP contribution in [0.15, 0.2) is 332 Å². The first-order valence-electron chi connectivity index (χ1n) is 23.5. The maximum Gasteiger partial charge on any atom is -0.0263 e. The normalized spacial score (nSPS) is 8.50. The Labute approximate surface area is 434 Å². The zero-order chi connectivity index (χ0) is 52.4. The van der Waals surface area contributed by atoms with Crippen molar-refractivity contribution in [1.82, 2.24) is 0 Å². The van der Waals surface area contributed by atoms with Gasteiger partial charge in [0.15, 0.2) is 0 Å². The van der Waals surface area contributed by atoms with Crippen molar-refractivity contribution in [1.29, 1.82) is 0 Å². The average molecular weight is 937 g/mol. The molecule has 0 nitrogen and oxygen atoms in total. The van der Waals surface area contributed by atoms with Gasteiger partial charge in [-0.25, -0.2) is 0 Å². The summed E-state index contributed by atoms with van der Waals surface area (Å²) in [5, 5.41) is 0. The molecule has 9 aromatic carbocycles. The van der Waals surface area contributed by atoms with Crippen molar-refractivity contribution in [3.8, 4) is 0 Å². The van der Waals surface area contributed by atoms with Gasteiger partial charge in [-0.05, 0) is 50.1 Å². The van der Waals surface area contributed by atoms with E-state index in [0.717, 1.165) is 0 Å². The van der Waals surface area contributed by atoms with Crippen LogP contribution in [0.25, 0.3) is 54.7 Å². The molecular formula is C72H72. The Morgan fingerprint density at radius 2 is 0.194 bits per heavy atom. The van der Waals surface area contributed by atoms with Gasteiger partial charge in [-0.3, -0.25) is 0 Å². The Morgan fingerprint density at radius 3 is 0.236 bits per heavy atom. The van der Waals surface area contributed by atoms with E-state index < -0.39 is 0 Å². The third kappa shape index (κ3) is 33.2. The summed E-state index contributed by atoms with van der Waals surface area (Å²) in [5.41, 5.74) is 10.6. The predicted molar refractivity (Wildman–Crippen MR) is 329 cm³/mol. The Kier molecular flexibility index (Phi) is 37.2. The van der Waals surface area contributed by atoms with Crippen molar-refractivity contribution in [2.75, 3.05) is 0 Å². The highest BCUT2D eigenvalue weighted by Gasteiger charge is 1.81. The van der Waals surface area contributed by atoms with Gasteiger partial charge in [-0.1, -0.05) is 387 Å². The second-order valence-electron chi connectivity index (χ2n) is 14.5. The van der Waals surface area contributed by atoms with Crippen LogP contribution in [0.5, 0.6) is 0 Å². The summed E-state index contributed by atoms with van der Waals surface area (Å²) in [6.07, 6.45) is 16.5. The molecule has 0 spiro atoms. The van der Waals surface area contributed by atoms with E-state index >= 15 is 0 Å². The number of rotatable bonds is 9. The fourth-order valence-corrected chi connectivity index (χ4v) is 5.30. The van der Waals surface area contributed by atoms with Crippen LogP contribution in [-0.2, 0) is 0 Å². The standard InChI is InChI=1S/9C8H8/c9*1-2-8-6-4-3-5-7-8/h9*2-7H,1H2. The molecule has 0 aliphatic carbocycles. The van der Waals surface area contributed by atoms with Gasteiger partial charge in [0, 0.05) is 0 Å². The van der Waals surface area contributed by atoms with E-state index in [4.69, 9.17) is 0 Å². The molecule has 0 fully saturated rings. The lowest BCUT2D eigenvalue weighted by Crippen LogP contribution is -1.63. The molecular weight excluding hydrogens is 865 g/mol. The van der Waals surface area contributed by atoms with E-state index in [-0.39, 0.29) is 0 Å². The summed E-state index contributed by atoms with van der Waals surface area (Å²) in [4.78, 5) is 0. The number of hydrogen-bond acceptors (Lipinski definition) is 0. The third-order valence-electron chi connectivity index (χ3n) is 9.32. The van der Waals surface area contributed by atoms with Gasteiger partial charge in [0.2, 0.25) is 0 Å². The zero-order valence-electron chi connectivity index (χ0n) is 42.0. The van der Waals surface area contributed by atoms with Gasteiger partial charge in [-0.15, -0.1) is 0 Å². The van der Waals surface area contributed by atoms with Crippen LogP contribution < -0.4 is 0 Å². The third-order valence-corrected chi connectivity index (χ3v) is 9.32. The largest absolute Gasteiger partial charge is 0.0985 e. The molecule has 9 aromatic rings. The predicted octanol–water partition coefficient (Wildman–Crippen LogP) is 21.0. The number of hydrogen-bond donors (Lipinski definition) is 0. The SMILES string of the molecule is C=Cc1ccccc1.C=Cc1ccccc1.C=Cc1ccccc1.C=Cc1ccccc1.C=Cc1ccccc1.C=Cc1ccccc1.C=Cc1ccccc1.C=Cc1ccccc1.C=Cc1ccccc1. The molecule has 0 aromatic heterocycles. The first-order valence-corrected chi connectivity index (χ1v) is 23.5. The Hall–Kier alpha value is -9.36. The lowest BCUT2D eigenvalue weighted by Gasteiger charge is -1.85. The highest BCUT2D eigenvalue weighted by molar-refractivity contribution is 5.50. The fraction of sp³-hybridized carbons (Fsp3) is 0. The van der Waals surface area contributed by atoms with E-state index in [2.05, 4.69) is 59.2 Å². The molecule has 0 saturated carbocycles. The van der Waals surface area contributed by atoms with Gasteiger partial charge < -0.3 is 0 Å². The molecule has 0 bridgehead atoms. The van der Waals surface area contributed by atoms with E-state index in [9.17, 15) is 0 Å². The Balaban J connectivity index is 0.000000405. The quantitative estimate of drug-likeness (QED) is 0.135. The van der Waals surface area contributed by atoms with Crippen LogP contribution in [0, 0.1) is 0 Å². The lowest BCUT2D eigenvalue weighted by atomic mass is 10.2. The molecule has 72 heavy (non-hydrogen) atoms. The van der Waals surface area contributed by atoms with Crippen molar-refractivity contribution in [2.45, 2.75) is 0 Å². The molecule has 0 atom stereocenters. The summed E-state index contributed by atoms with van der Waals surface area (Å²) in [6, 6.07) is 90.3. The summed E-state index contributed by atoms with van der Waals surface area (Å²) < 4.78 is 0. The second-order valence-corrected chi connectivity index (χ2v) is 14.5. The average Bonchev–Trinajstić information content (AvgIpc) is 3.50. The monoisotopic (exact) mass is 937 g/mol. The maximum absolute atomic E-state index is 3.63. The highest BCUT2D eigenvalue weighted by atomic mass is 13.9. The van der Waals surface area contributed by atoms with Gasteiger partial charge in [0.25, 0.3) is 0 Å². The Bertz CT molecular complexity index is 2080. The highest BCUT2D eigenvalue weighted by Crippen LogP contribution is 2.03. The molecule has 0 radical (unpaired) electrons. The molecule has 0 saturated heterocycles. The summed E-state index contributed by atoms with van der Waals surface area (Å²) in [7, 11) is 0. The van der Waals surface area contributed by atoms with Crippen LogP contribution >= 0.6 is 0 Å². The van der Waals surface area contributed by atoms with Gasteiger partial charge >= 0.3 is 0 Å². The van der Waals surface area contributed by atoms with Crippen LogP contribution in [-0.4, -0.2) is 0 Å². The van der Waals surface area contributed by atoms with Crippen molar-refractivity contribution < 1.29 is 0 Å². The minimum atomic E-state index is 1.17. The van der Waals surface area contributed by atoms with Crippen LogP contribution in [0.3, 0.4) is 0 Å². The second kappa shape index (κ2) is 44.2. The van der Waals surface area contributed by atoms with E-state index in [1.165, 1.54) is 50.1 Å². The molecule has 0 unspecified atom stereocenters.